The zero-order chi connectivity index (χ0) is 12.3. The van der Waals surface area contributed by atoms with Crippen LogP contribution in [0.3, 0.4) is 0 Å². The van der Waals surface area contributed by atoms with Crippen molar-refractivity contribution in [3.63, 3.8) is 0 Å². The molecule has 3 heteroatoms. The first-order valence-corrected chi connectivity index (χ1v) is 6.37. The van der Waals surface area contributed by atoms with Crippen molar-refractivity contribution in [3.8, 4) is 11.5 Å². The van der Waals surface area contributed by atoms with Gasteiger partial charge in [0.1, 0.15) is 11.5 Å². The van der Waals surface area contributed by atoms with Crippen LogP contribution in [-0.2, 0) is 6.42 Å². The minimum Gasteiger partial charge on any atom is -0.456 e. The lowest BCUT2D eigenvalue weighted by atomic mass is 10.2. The summed E-state index contributed by atoms with van der Waals surface area (Å²) in [6.45, 7) is 4.08. The molecule has 0 amide bonds. The molecule has 0 spiro atoms. The average molecular weight is 292 g/mol. The molecule has 0 saturated heterocycles. The number of aromatic nitrogens is 1. The van der Waals surface area contributed by atoms with Crippen molar-refractivity contribution in [1.82, 2.24) is 4.98 Å². The first-order chi connectivity index (χ1) is 8.19. The number of halogens is 1. The fraction of sp³-hybridized carbons (Fsp3) is 0.214. The van der Waals surface area contributed by atoms with Gasteiger partial charge in [-0.3, -0.25) is 4.98 Å². The summed E-state index contributed by atoms with van der Waals surface area (Å²) >= 11 is 3.54. The van der Waals surface area contributed by atoms with E-state index in [-0.39, 0.29) is 0 Å². The summed E-state index contributed by atoms with van der Waals surface area (Å²) in [7, 11) is 0. The van der Waals surface area contributed by atoms with Crippen molar-refractivity contribution in [2.24, 2.45) is 0 Å². The highest BCUT2D eigenvalue weighted by Gasteiger charge is 2.02. The van der Waals surface area contributed by atoms with Crippen molar-refractivity contribution in [2.75, 3.05) is 0 Å². The summed E-state index contributed by atoms with van der Waals surface area (Å²) < 4.78 is 6.80. The van der Waals surface area contributed by atoms with Crippen LogP contribution in [0.5, 0.6) is 11.5 Å². The molecule has 1 heterocycles. The largest absolute Gasteiger partial charge is 0.456 e. The highest BCUT2D eigenvalue weighted by atomic mass is 79.9. The second-order valence-corrected chi connectivity index (χ2v) is 4.70. The molecule has 0 bridgehead atoms. The summed E-state index contributed by atoms with van der Waals surface area (Å²) in [5, 5.41) is 0. The standard InChI is InChI=1S/C14H14BrNO/c1-3-11-5-7-12(8-14(11)15)17-13-6-4-10(2)16-9-13/h4-9H,3H2,1-2H3. The van der Waals surface area contributed by atoms with Gasteiger partial charge >= 0.3 is 0 Å². The van der Waals surface area contributed by atoms with Crippen LogP contribution < -0.4 is 4.74 Å². The van der Waals surface area contributed by atoms with E-state index in [1.807, 2.05) is 31.2 Å². The predicted molar refractivity (Wildman–Crippen MR) is 72.6 cm³/mol. The van der Waals surface area contributed by atoms with Gasteiger partial charge in [-0.2, -0.15) is 0 Å². The Kier molecular flexibility index (Phi) is 3.79. The molecule has 0 fully saturated rings. The second kappa shape index (κ2) is 5.32. The topological polar surface area (TPSA) is 22.1 Å². The SMILES string of the molecule is CCc1ccc(Oc2ccc(C)nc2)cc1Br. The van der Waals surface area contributed by atoms with E-state index >= 15 is 0 Å². The highest BCUT2D eigenvalue weighted by Crippen LogP contribution is 2.27. The molecule has 0 aliphatic rings. The van der Waals surface area contributed by atoms with Crippen LogP contribution in [0, 0.1) is 6.92 Å². The lowest BCUT2D eigenvalue weighted by molar-refractivity contribution is 0.479. The van der Waals surface area contributed by atoms with Gasteiger partial charge in [0, 0.05) is 10.2 Å². The van der Waals surface area contributed by atoms with Crippen LogP contribution in [0.25, 0.3) is 0 Å². The van der Waals surface area contributed by atoms with Gasteiger partial charge in [0.05, 0.1) is 6.20 Å². The lowest BCUT2D eigenvalue weighted by Crippen LogP contribution is -1.88. The maximum absolute atomic E-state index is 5.72. The average Bonchev–Trinajstić information content (AvgIpc) is 2.32. The molecule has 0 aliphatic heterocycles. The maximum Gasteiger partial charge on any atom is 0.145 e. The Morgan fingerprint density at radius 1 is 1.18 bits per heavy atom. The lowest BCUT2D eigenvalue weighted by Gasteiger charge is -2.08. The Balaban J connectivity index is 2.19. The summed E-state index contributed by atoms with van der Waals surface area (Å²) in [5.41, 5.74) is 2.26. The molecule has 0 N–H and O–H groups in total. The number of pyridine rings is 1. The maximum atomic E-state index is 5.72. The third-order valence-electron chi connectivity index (χ3n) is 2.53. The minimum atomic E-state index is 0.756. The first kappa shape index (κ1) is 12.1. The number of nitrogens with zero attached hydrogens (tertiary/aromatic N) is 1. The van der Waals surface area contributed by atoms with Gasteiger partial charge in [0.15, 0.2) is 0 Å². The Morgan fingerprint density at radius 2 is 1.94 bits per heavy atom. The molecule has 17 heavy (non-hydrogen) atoms. The van der Waals surface area contributed by atoms with Gasteiger partial charge in [-0.25, -0.2) is 0 Å². The zero-order valence-electron chi connectivity index (χ0n) is 9.90. The van der Waals surface area contributed by atoms with Gasteiger partial charge in [-0.15, -0.1) is 0 Å². The first-order valence-electron chi connectivity index (χ1n) is 5.58. The molecule has 0 saturated carbocycles. The van der Waals surface area contributed by atoms with Crippen LogP contribution in [0.15, 0.2) is 41.0 Å². The van der Waals surface area contributed by atoms with E-state index in [0.717, 1.165) is 28.1 Å². The Bertz CT molecular complexity index is 508. The molecule has 2 aromatic rings. The van der Waals surface area contributed by atoms with E-state index in [0.29, 0.717) is 0 Å². The Labute approximate surface area is 110 Å². The van der Waals surface area contributed by atoms with Gasteiger partial charge in [0.25, 0.3) is 0 Å². The monoisotopic (exact) mass is 291 g/mol. The van der Waals surface area contributed by atoms with Gasteiger partial charge in [0.2, 0.25) is 0 Å². The van der Waals surface area contributed by atoms with Crippen LogP contribution >= 0.6 is 15.9 Å². The van der Waals surface area contributed by atoms with E-state index in [1.54, 1.807) is 6.20 Å². The molecule has 0 radical (unpaired) electrons. The van der Waals surface area contributed by atoms with Crippen molar-refractivity contribution in [3.05, 3.63) is 52.3 Å². The molecule has 88 valence electrons. The van der Waals surface area contributed by atoms with Gasteiger partial charge in [-0.05, 0) is 43.2 Å². The third kappa shape index (κ3) is 3.07. The van der Waals surface area contributed by atoms with Crippen LogP contribution in [-0.4, -0.2) is 4.98 Å². The van der Waals surface area contributed by atoms with E-state index in [9.17, 15) is 0 Å². The summed E-state index contributed by atoms with van der Waals surface area (Å²) in [4.78, 5) is 4.19. The van der Waals surface area contributed by atoms with Crippen LogP contribution in [0.1, 0.15) is 18.2 Å². The fourth-order valence-corrected chi connectivity index (χ4v) is 2.17. The number of ether oxygens (including phenoxy) is 1. The quantitative estimate of drug-likeness (QED) is 0.830. The van der Waals surface area contributed by atoms with E-state index in [4.69, 9.17) is 4.74 Å². The number of rotatable bonds is 3. The number of aryl methyl sites for hydroxylation is 2. The number of benzene rings is 1. The number of hydrogen-bond acceptors (Lipinski definition) is 2. The molecule has 2 nitrogen and oxygen atoms in total. The molecule has 0 aliphatic carbocycles. The van der Waals surface area contributed by atoms with E-state index in [1.165, 1.54) is 5.56 Å². The summed E-state index contributed by atoms with van der Waals surface area (Å²) in [5.74, 6) is 1.58. The highest BCUT2D eigenvalue weighted by molar-refractivity contribution is 9.10. The van der Waals surface area contributed by atoms with Crippen molar-refractivity contribution >= 4 is 15.9 Å². The van der Waals surface area contributed by atoms with E-state index in [2.05, 4.69) is 33.9 Å². The van der Waals surface area contributed by atoms with Crippen LogP contribution in [0.4, 0.5) is 0 Å². The molecule has 0 unspecified atom stereocenters. The van der Waals surface area contributed by atoms with Gasteiger partial charge in [-0.1, -0.05) is 28.9 Å². The summed E-state index contributed by atoms with van der Waals surface area (Å²) in [6.07, 6.45) is 2.74. The second-order valence-electron chi connectivity index (χ2n) is 3.84. The molecule has 0 atom stereocenters. The third-order valence-corrected chi connectivity index (χ3v) is 3.26. The zero-order valence-corrected chi connectivity index (χ0v) is 11.5. The molecular weight excluding hydrogens is 278 g/mol. The van der Waals surface area contributed by atoms with Gasteiger partial charge < -0.3 is 4.74 Å². The fourth-order valence-electron chi connectivity index (χ4n) is 1.53. The normalized spacial score (nSPS) is 10.3. The smallest absolute Gasteiger partial charge is 0.145 e. The van der Waals surface area contributed by atoms with Crippen LogP contribution in [0.2, 0.25) is 0 Å². The van der Waals surface area contributed by atoms with Crippen molar-refractivity contribution in [2.45, 2.75) is 20.3 Å². The molecular formula is C14H14BrNO. The Hall–Kier alpha value is -1.35. The van der Waals surface area contributed by atoms with Crippen molar-refractivity contribution in [1.29, 1.82) is 0 Å². The van der Waals surface area contributed by atoms with E-state index < -0.39 is 0 Å². The molecule has 1 aromatic heterocycles. The minimum absolute atomic E-state index is 0.756. The molecule has 2 rings (SSSR count). The van der Waals surface area contributed by atoms with Crippen molar-refractivity contribution < 1.29 is 4.74 Å². The Morgan fingerprint density at radius 3 is 2.53 bits per heavy atom. The predicted octanol–water partition coefficient (Wildman–Crippen LogP) is 4.51. The number of hydrogen-bond donors (Lipinski definition) is 0. The summed E-state index contributed by atoms with van der Waals surface area (Å²) in [6, 6.07) is 9.89. The molecule has 1 aromatic carbocycles.